The van der Waals surface area contributed by atoms with Gasteiger partial charge in [0.1, 0.15) is 17.5 Å². The summed E-state index contributed by atoms with van der Waals surface area (Å²) >= 11 is 0. The summed E-state index contributed by atoms with van der Waals surface area (Å²) in [4.78, 5) is 12.2. The van der Waals surface area contributed by atoms with Gasteiger partial charge in [-0.1, -0.05) is 36.4 Å². The fraction of sp³-hybridized carbons (Fsp3) is 0.182. The Morgan fingerprint density at radius 1 is 1.25 bits per heavy atom. The number of amides is 1. The van der Waals surface area contributed by atoms with Gasteiger partial charge in [0.15, 0.2) is 0 Å². The molecule has 3 aromatic rings. The van der Waals surface area contributed by atoms with E-state index in [-0.39, 0.29) is 11.4 Å². The number of carbonyl (C=O) groups is 1. The minimum atomic E-state index is -0.453. The third-order valence-corrected chi connectivity index (χ3v) is 4.37. The zero-order valence-electron chi connectivity index (χ0n) is 15.5. The molecule has 5 nitrogen and oxygen atoms in total. The highest BCUT2D eigenvalue weighted by Crippen LogP contribution is 2.25. The lowest BCUT2D eigenvalue weighted by molar-refractivity contribution is -0.117. The topological polar surface area (TPSA) is 67.0 Å². The third-order valence-electron chi connectivity index (χ3n) is 4.37. The summed E-state index contributed by atoms with van der Waals surface area (Å²) in [5.41, 5.74) is 2.20. The summed E-state index contributed by atoms with van der Waals surface area (Å²) in [6.07, 6.45) is 3.39. The van der Waals surface area contributed by atoms with Crippen molar-refractivity contribution in [2.45, 2.75) is 6.54 Å². The highest BCUT2D eigenvalue weighted by molar-refractivity contribution is 6.04. The van der Waals surface area contributed by atoms with Crippen molar-refractivity contribution in [3.05, 3.63) is 77.2 Å². The maximum atomic E-state index is 14.1. The molecule has 0 bridgehead atoms. The molecule has 0 saturated heterocycles. The Bertz CT molecular complexity index is 1060. The fourth-order valence-electron chi connectivity index (χ4n) is 3.00. The number of carbonyl (C=O) groups excluding carboxylic acids is 1. The van der Waals surface area contributed by atoms with Crippen molar-refractivity contribution in [3.8, 4) is 6.07 Å². The second kappa shape index (κ2) is 8.98. The quantitative estimate of drug-likeness (QED) is 0.389. The normalized spacial score (nSPS) is 11.4. The van der Waals surface area contributed by atoms with Gasteiger partial charge in [-0.25, -0.2) is 4.39 Å². The first-order chi connectivity index (χ1) is 13.6. The van der Waals surface area contributed by atoms with E-state index in [0.717, 1.165) is 16.5 Å². The van der Waals surface area contributed by atoms with Gasteiger partial charge < -0.3 is 14.6 Å². The van der Waals surface area contributed by atoms with Crippen LogP contribution in [0.1, 0.15) is 11.1 Å². The summed E-state index contributed by atoms with van der Waals surface area (Å²) in [5, 5.41) is 12.9. The van der Waals surface area contributed by atoms with Crippen LogP contribution in [0, 0.1) is 17.1 Å². The van der Waals surface area contributed by atoms with Gasteiger partial charge in [-0.2, -0.15) is 5.26 Å². The van der Waals surface area contributed by atoms with E-state index in [4.69, 9.17) is 4.74 Å². The molecular formula is C22H20FN3O2. The van der Waals surface area contributed by atoms with Gasteiger partial charge in [0.25, 0.3) is 5.91 Å². The largest absolute Gasteiger partial charge is 0.383 e. The highest BCUT2D eigenvalue weighted by atomic mass is 19.1. The van der Waals surface area contributed by atoms with Crippen LogP contribution in [-0.2, 0) is 16.1 Å². The Balaban J connectivity index is 1.97. The van der Waals surface area contributed by atoms with Crippen LogP contribution in [0.4, 0.5) is 4.39 Å². The van der Waals surface area contributed by atoms with Crippen LogP contribution >= 0.6 is 0 Å². The molecule has 1 N–H and O–H groups in total. The zero-order valence-corrected chi connectivity index (χ0v) is 15.5. The molecule has 0 atom stereocenters. The van der Waals surface area contributed by atoms with Crippen molar-refractivity contribution < 1.29 is 13.9 Å². The first-order valence-electron chi connectivity index (χ1n) is 8.84. The van der Waals surface area contributed by atoms with E-state index < -0.39 is 5.91 Å². The number of rotatable bonds is 7. The molecule has 0 fully saturated rings. The van der Waals surface area contributed by atoms with Gasteiger partial charge >= 0.3 is 0 Å². The van der Waals surface area contributed by atoms with E-state index in [2.05, 4.69) is 5.32 Å². The summed E-state index contributed by atoms with van der Waals surface area (Å²) < 4.78 is 20.9. The molecule has 0 spiro atoms. The molecule has 0 aliphatic rings. The molecule has 1 amide bonds. The number of benzene rings is 2. The maximum absolute atomic E-state index is 14.1. The number of fused-ring (bicyclic) bond motifs is 1. The van der Waals surface area contributed by atoms with E-state index in [1.54, 1.807) is 24.3 Å². The molecule has 0 aliphatic heterocycles. The molecule has 1 aromatic heterocycles. The fourth-order valence-corrected chi connectivity index (χ4v) is 3.00. The molecule has 0 unspecified atom stereocenters. The van der Waals surface area contributed by atoms with Crippen LogP contribution in [-0.4, -0.2) is 30.7 Å². The number of nitriles is 1. The molecule has 3 rings (SSSR count). The first kappa shape index (κ1) is 19.3. The van der Waals surface area contributed by atoms with Gasteiger partial charge in [-0.15, -0.1) is 0 Å². The number of ether oxygens (including phenoxy) is 1. The lowest BCUT2D eigenvalue weighted by Crippen LogP contribution is -2.27. The minimum absolute atomic E-state index is 0.00453. The van der Waals surface area contributed by atoms with Gasteiger partial charge in [0.05, 0.1) is 13.2 Å². The lowest BCUT2D eigenvalue weighted by Gasteiger charge is -2.06. The Hall–Kier alpha value is -3.43. The van der Waals surface area contributed by atoms with Crippen LogP contribution in [0.25, 0.3) is 17.0 Å². The van der Waals surface area contributed by atoms with Crippen LogP contribution in [0.15, 0.2) is 60.3 Å². The van der Waals surface area contributed by atoms with E-state index in [0.29, 0.717) is 25.3 Å². The molecule has 6 heteroatoms. The number of halogens is 1. The third kappa shape index (κ3) is 4.27. The smallest absolute Gasteiger partial charge is 0.262 e. The Morgan fingerprint density at radius 3 is 2.75 bits per heavy atom. The standard InChI is InChI=1S/C22H20FN3O2/c1-28-11-10-25-22(27)17(13-24)12-18-15-26(21-9-5-3-7-19(18)21)14-16-6-2-4-8-20(16)23/h2-9,12,15H,10-11,14H2,1H3,(H,25,27)/b17-12+. The number of hydrogen-bond donors (Lipinski definition) is 1. The molecule has 1 heterocycles. The Morgan fingerprint density at radius 2 is 2.00 bits per heavy atom. The molecule has 0 saturated carbocycles. The first-order valence-corrected chi connectivity index (χ1v) is 8.84. The maximum Gasteiger partial charge on any atom is 0.262 e. The number of methoxy groups -OCH3 is 1. The van der Waals surface area contributed by atoms with E-state index in [1.165, 1.54) is 13.2 Å². The summed E-state index contributed by atoms with van der Waals surface area (Å²) in [6.45, 7) is 1.04. The Kier molecular flexibility index (Phi) is 6.20. The van der Waals surface area contributed by atoms with Crippen molar-refractivity contribution in [1.29, 1.82) is 5.26 Å². The van der Waals surface area contributed by atoms with Crippen LogP contribution < -0.4 is 5.32 Å². The average Bonchev–Trinajstić information content (AvgIpc) is 3.05. The summed E-state index contributed by atoms with van der Waals surface area (Å²) in [5.74, 6) is -0.724. The molecule has 0 radical (unpaired) electrons. The number of hydrogen-bond acceptors (Lipinski definition) is 3. The van der Waals surface area contributed by atoms with Crippen molar-refractivity contribution in [2.24, 2.45) is 0 Å². The number of nitrogens with one attached hydrogen (secondary N) is 1. The predicted molar refractivity (Wildman–Crippen MR) is 106 cm³/mol. The zero-order chi connectivity index (χ0) is 19.9. The second-order valence-corrected chi connectivity index (χ2v) is 6.24. The van der Waals surface area contributed by atoms with Crippen molar-refractivity contribution in [2.75, 3.05) is 20.3 Å². The van der Waals surface area contributed by atoms with Crippen LogP contribution in [0.5, 0.6) is 0 Å². The number of aromatic nitrogens is 1. The van der Waals surface area contributed by atoms with Gasteiger partial charge in [0.2, 0.25) is 0 Å². The van der Waals surface area contributed by atoms with E-state index in [9.17, 15) is 14.4 Å². The SMILES string of the molecule is COCCNC(=O)/C(C#N)=C/c1cn(Cc2ccccc2F)c2ccccc12. The Labute approximate surface area is 162 Å². The second-order valence-electron chi connectivity index (χ2n) is 6.24. The molecule has 2 aromatic carbocycles. The molecule has 0 aliphatic carbocycles. The van der Waals surface area contributed by atoms with Gasteiger partial charge in [-0.3, -0.25) is 4.79 Å². The minimum Gasteiger partial charge on any atom is -0.383 e. The van der Waals surface area contributed by atoms with Crippen LogP contribution in [0.2, 0.25) is 0 Å². The molecule has 28 heavy (non-hydrogen) atoms. The molecule has 142 valence electrons. The average molecular weight is 377 g/mol. The highest BCUT2D eigenvalue weighted by Gasteiger charge is 2.13. The van der Waals surface area contributed by atoms with Gasteiger partial charge in [0, 0.05) is 41.9 Å². The summed E-state index contributed by atoms with van der Waals surface area (Å²) in [6, 6.07) is 16.2. The molecular weight excluding hydrogens is 357 g/mol. The van der Waals surface area contributed by atoms with Crippen molar-refractivity contribution >= 4 is 22.9 Å². The van der Waals surface area contributed by atoms with E-state index in [1.807, 2.05) is 41.1 Å². The monoisotopic (exact) mass is 377 g/mol. The summed E-state index contributed by atoms with van der Waals surface area (Å²) in [7, 11) is 1.54. The number of para-hydroxylation sites is 1. The van der Waals surface area contributed by atoms with Gasteiger partial charge in [-0.05, 0) is 18.2 Å². The van der Waals surface area contributed by atoms with Crippen molar-refractivity contribution in [1.82, 2.24) is 9.88 Å². The van der Waals surface area contributed by atoms with E-state index >= 15 is 0 Å². The van der Waals surface area contributed by atoms with Crippen molar-refractivity contribution in [3.63, 3.8) is 0 Å². The lowest BCUT2D eigenvalue weighted by atomic mass is 10.1. The predicted octanol–water partition coefficient (Wildman–Crippen LogP) is 3.50. The van der Waals surface area contributed by atoms with Crippen LogP contribution in [0.3, 0.4) is 0 Å². The number of nitrogens with zero attached hydrogens (tertiary/aromatic N) is 2.